The maximum absolute atomic E-state index is 12.3. The van der Waals surface area contributed by atoms with Crippen molar-refractivity contribution in [1.29, 1.82) is 0 Å². The highest BCUT2D eigenvalue weighted by Crippen LogP contribution is 2.20. The molecular weight excluding hydrogens is 248 g/mol. The number of nitrogens with one attached hydrogen (secondary N) is 1. The van der Waals surface area contributed by atoms with Crippen LogP contribution in [0.15, 0.2) is 0 Å². The van der Waals surface area contributed by atoms with Crippen LogP contribution in [0, 0.1) is 0 Å². The first-order chi connectivity index (χ1) is 8.54. The van der Waals surface area contributed by atoms with Crippen molar-refractivity contribution in [3.8, 4) is 0 Å². The minimum atomic E-state index is -0.319. The fraction of sp³-hybridized carbons (Fsp3) is 0.846. The van der Waals surface area contributed by atoms with Gasteiger partial charge in [-0.25, -0.2) is 0 Å². The molecule has 1 heterocycles. The Labute approximate surface area is 114 Å². The number of thioether (sulfide) groups is 1. The second-order valence-corrected chi connectivity index (χ2v) is 5.76. The normalized spacial score (nSPS) is 22.1. The van der Waals surface area contributed by atoms with Crippen molar-refractivity contribution in [2.45, 2.75) is 58.2 Å². The molecule has 2 atom stereocenters. The number of amides is 2. The van der Waals surface area contributed by atoms with E-state index in [9.17, 15) is 9.59 Å². The molecule has 1 saturated heterocycles. The summed E-state index contributed by atoms with van der Waals surface area (Å²) in [5, 5.41) is 3.26. The van der Waals surface area contributed by atoms with E-state index in [0.717, 1.165) is 18.6 Å². The van der Waals surface area contributed by atoms with Gasteiger partial charge in [-0.15, -0.1) is 0 Å². The van der Waals surface area contributed by atoms with Crippen LogP contribution in [0.4, 0.5) is 0 Å². The topological polar surface area (TPSA) is 49.4 Å². The van der Waals surface area contributed by atoms with Crippen LogP contribution < -0.4 is 5.32 Å². The number of carbonyl (C=O) groups excluding carboxylic acids is 2. The molecule has 2 amide bonds. The van der Waals surface area contributed by atoms with Gasteiger partial charge in [-0.1, -0.05) is 13.8 Å². The Morgan fingerprint density at radius 1 is 1.39 bits per heavy atom. The van der Waals surface area contributed by atoms with E-state index in [2.05, 4.69) is 5.32 Å². The third-order valence-corrected chi connectivity index (χ3v) is 4.23. The van der Waals surface area contributed by atoms with Crippen LogP contribution >= 0.6 is 11.8 Å². The number of rotatable bonds is 7. The van der Waals surface area contributed by atoms with Crippen LogP contribution in [-0.2, 0) is 9.59 Å². The molecule has 5 heteroatoms. The molecule has 1 fully saturated rings. The molecule has 0 aromatic rings. The molecule has 0 aromatic carbocycles. The average molecular weight is 272 g/mol. The summed E-state index contributed by atoms with van der Waals surface area (Å²) >= 11 is 1.74. The van der Waals surface area contributed by atoms with Gasteiger partial charge in [0.15, 0.2) is 0 Å². The Hall–Kier alpha value is -0.550. The molecule has 0 saturated carbocycles. The largest absolute Gasteiger partial charge is 0.302 e. The lowest BCUT2D eigenvalue weighted by atomic mass is 10.1. The van der Waals surface area contributed by atoms with E-state index in [1.807, 2.05) is 27.0 Å². The molecule has 1 N–H and O–H groups in total. The summed E-state index contributed by atoms with van der Waals surface area (Å²) < 4.78 is 0. The third kappa shape index (κ3) is 3.48. The van der Waals surface area contributed by atoms with Gasteiger partial charge < -0.3 is 5.32 Å². The monoisotopic (exact) mass is 272 g/mol. The summed E-state index contributed by atoms with van der Waals surface area (Å²) in [6.07, 6.45) is 4.02. The Kier molecular flexibility index (Phi) is 6.15. The van der Waals surface area contributed by atoms with Crippen molar-refractivity contribution in [3.63, 3.8) is 0 Å². The molecule has 1 aliphatic rings. The van der Waals surface area contributed by atoms with Gasteiger partial charge in [0.05, 0.1) is 12.5 Å². The summed E-state index contributed by atoms with van der Waals surface area (Å²) in [6, 6.07) is -0.00342. The summed E-state index contributed by atoms with van der Waals surface area (Å²) in [6.45, 7) is 6.09. The van der Waals surface area contributed by atoms with E-state index in [1.165, 1.54) is 4.90 Å². The van der Waals surface area contributed by atoms with Crippen molar-refractivity contribution >= 4 is 23.6 Å². The molecule has 0 radical (unpaired) electrons. The lowest BCUT2D eigenvalue weighted by Crippen LogP contribution is -2.46. The molecule has 0 bridgehead atoms. The van der Waals surface area contributed by atoms with Crippen molar-refractivity contribution in [1.82, 2.24) is 10.2 Å². The number of imide groups is 1. The molecule has 0 aliphatic carbocycles. The first-order valence-electron chi connectivity index (χ1n) is 6.65. The molecule has 1 aliphatic heterocycles. The first kappa shape index (κ1) is 15.5. The SMILES string of the molecule is CCC(CC)N1C(=O)CC(NC(C)CSC)C1=O. The third-order valence-electron chi connectivity index (χ3n) is 3.39. The number of hydrogen-bond acceptors (Lipinski definition) is 4. The fourth-order valence-electron chi connectivity index (χ4n) is 2.46. The highest BCUT2D eigenvalue weighted by atomic mass is 32.2. The van der Waals surface area contributed by atoms with E-state index in [4.69, 9.17) is 0 Å². The maximum atomic E-state index is 12.3. The van der Waals surface area contributed by atoms with E-state index < -0.39 is 0 Å². The predicted octanol–water partition coefficient (Wildman–Crippen LogP) is 1.64. The highest BCUT2D eigenvalue weighted by Gasteiger charge is 2.41. The maximum Gasteiger partial charge on any atom is 0.247 e. The molecule has 0 aromatic heterocycles. The van der Waals surface area contributed by atoms with E-state index >= 15 is 0 Å². The summed E-state index contributed by atoms with van der Waals surface area (Å²) in [5.74, 6) is 0.882. The number of hydrogen-bond donors (Lipinski definition) is 1. The summed E-state index contributed by atoms with van der Waals surface area (Å²) in [4.78, 5) is 25.7. The number of nitrogens with zero attached hydrogens (tertiary/aromatic N) is 1. The zero-order valence-electron chi connectivity index (χ0n) is 11.7. The van der Waals surface area contributed by atoms with Crippen molar-refractivity contribution in [3.05, 3.63) is 0 Å². The van der Waals surface area contributed by atoms with Gasteiger partial charge >= 0.3 is 0 Å². The summed E-state index contributed by atoms with van der Waals surface area (Å²) in [5.41, 5.74) is 0. The minimum Gasteiger partial charge on any atom is -0.302 e. The predicted molar refractivity (Wildman–Crippen MR) is 75.6 cm³/mol. The van der Waals surface area contributed by atoms with Crippen LogP contribution in [-0.4, -0.2) is 46.8 Å². The zero-order valence-corrected chi connectivity index (χ0v) is 12.5. The van der Waals surface area contributed by atoms with Crippen LogP contribution in [0.5, 0.6) is 0 Å². The molecule has 18 heavy (non-hydrogen) atoms. The van der Waals surface area contributed by atoms with Gasteiger partial charge in [-0.2, -0.15) is 11.8 Å². The van der Waals surface area contributed by atoms with Gasteiger partial charge in [-0.05, 0) is 26.0 Å². The first-order valence-corrected chi connectivity index (χ1v) is 8.05. The summed E-state index contributed by atoms with van der Waals surface area (Å²) in [7, 11) is 0. The van der Waals surface area contributed by atoms with Crippen molar-refractivity contribution in [2.75, 3.05) is 12.0 Å². The van der Waals surface area contributed by atoms with Gasteiger partial charge in [0.25, 0.3) is 0 Å². The van der Waals surface area contributed by atoms with Gasteiger partial charge in [0, 0.05) is 17.8 Å². The molecule has 0 spiro atoms. The Bertz CT molecular complexity index is 305. The quantitative estimate of drug-likeness (QED) is 0.716. The van der Waals surface area contributed by atoms with Crippen LogP contribution in [0.2, 0.25) is 0 Å². The van der Waals surface area contributed by atoms with Gasteiger partial charge in [-0.3, -0.25) is 14.5 Å². The minimum absolute atomic E-state index is 0.0254. The lowest BCUT2D eigenvalue weighted by Gasteiger charge is -2.25. The van der Waals surface area contributed by atoms with Crippen LogP contribution in [0.25, 0.3) is 0 Å². The standard InChI is InChI=1S/C13H24N2O2S/c1-5-10(6-2)15-12(16)7-11(13(15)17)14-9(3)8-18-4/h9-11,14H,5-8H2,1-4H3. The smallest absolute Gasteiger partial charge is 0.247 e. The van der Waals surface area contributed by atoms with Crippen molar-refractivity contribution in [2.24, 2.45) is 0 Å². The van der Waals surface area contributed by atoms with Crippen LogP contribution in [0.1, 0.15) is 40.0 Å². The molecular formula is C13H24N2O2S. The van der Waals surface area contributed by atoms with E-state index in [0.29, 0.717) is 6.42 Å². The fourth-order valence-corrected chi connectivity index (χ4v) is 3.06. The Morgan fingerprint density at radius 3 is 2.50 bits per heavy atom. The van der Waals surface area contributed by atoms with Crippen LogP contribution in [0.3, 0.4) is 0 Å². The lowest BCUT2D eigenvalue weighted by molar-refractivity contribution is -0.141. The Morgan fingerprint density at radius 2 is 2.00 bits per heavy atom. The van der Waals surface area contributed by atoms with Crippen molar-refractivity contribution < 1.29 is 9.59 Å². The highest BCUT2D eigenvalue weighted by molar-refractivity contribution is 7.98. The second kappa shape index (κ2) is 7.14. The molecule has 104 valence electrons. The van der Waals surface area contributed by atoms with E-state index in [-0.39, 0.29) is 29.9 Å². The zero-order chi connectivity index (χ0) is 13.7. The number of likely N-dealkylation sites (tertiary alicyclic amines) is 1. The second-order valence-electron chi connectivity index (χ2n) is 4.85. The average Bonchev–Trinajstić information content (AvgIpc) is 2.59. The number of carbonyl (C=O) groups is 2. The van der Waals surface area contributed by atoms with Gasteiger partial charge in [0.2, 0.25) is 11.8 Å². The van der Waals surface area contributed by atoms with Gasteiger partial charge in [0.1, 0.15) is 0 Å². The molecule has 1 rings (SSSR count). The van der Waals surface area contributed by atoms with E-state index in [1.54, 1.807) is 11.8 Å². The molecule has 2 unspecified atom stereocenters. The molecule has 4 nitrogen and oxygen atoms in total. The Balaban J connectivity index is 2.66.